The van der Waals surface area contributed by atoms with Crippen molar-refractivity contribution in [2.24, 2.45) is 7.05 Å². The number of aryl methyl sites for hydroxylation is 1. The third kappa shape index (κ3) is 7.34. The molecule has 11 nitrogen and oxygen atoms in total. The van der Waals surface area contributed by atoms with Crippen LogP contribution in [0.1, 0.15) is 35.6 Å². The molecule has 1 aliphatic rings. The van der Waals surface area contributed by atoms with Crippen molar-refractivity contribution in [2.75, 3.05) is 18.5 Å². The topological polar surface area (TPSA) is 118 Å². The molecule has 0 amide bonds. The Labute approximate surface area is 283 Å². The molecular formula is C35H35F2N5O6S. The smallest absolute Gasteiger partial charge is 0.268 e. The largest absolute Gasteiger partial charge is 0.497 e. The molecule has 6 rings (SSSR count). The molecule has 3 atom stereocenters. The Bertz CT molecular complexity index is 2000. The summed E-state index contributed by atoms with van der Waals surface area (Å²) < 4.78 is 85.5. The van der Waals surface area contributed by atoms with Crippen molar-refractivity contribution >= 4 is 15.8 Å². The number of nitrogens with zero attached hydrogens (tertiary/aromatic N) is 5. The number of methoxy groups -OCH3 is 2. The second-order valence-electron chi connectivity index (χ2n) is 11.5. The molecule has 0 radical (unpaired) electrons. The highest BCUT2D eigenvalue weighted by Gasteiger charge is 2.40. The number of rotatable bonds is 13. The molecule has 0 spiro atoms. The van der Waals surface area contributed by atoms with Gasteiger partial charge in [0.25, 0.3) is 10.0 Å². The number of sulfonamides is 1. The predicted molar refractivity (Wildman–Crippen MR) is 176 cm³/mol. The molecule has 3 aromatic carbocycles. The summed E-state index contributed by atoms with van der Waals surface area (Å²) in [6, 6.07) is 19.2. The lowest BCUT2D eigenvalue weighted by Gasteiger charge is -2.25. The first-order valence-electron chi connectivity index (χ1n) is 15.5. The van der Waals surface area contributed by atoms with Gasteiger partial charge in [0.2, 0.25) is 0 Å². The zero-order valence-electron chi connectivity index (χ0n) is 27.1. The lowest BCUT2D eigenvalue weighted by molar-refractivity contribution is 0.0375. The van der Waals surface area contributed by atoms with E-state index in [4.69, 9.17) is 18.9 Å². The molecule has 0 N–H and O–H groups in total. The predicted octanol–water partition coefficient (Wildman–Crippen LogP) is 5.81. The van der Waals surface area contributed by atoms with E-state index in [0.29, 0.717) is 42.6 Å². The monoisotopic (exact) mass is 691 g/mol. The fourth-order valence-electron chi connectivity index (χ4n) is 6.01. The Balaban J connectivity index is 1.29. The normalized spacial score (nSPS) is 17.5. The van der Waals surface area contributed by atoms with Gasteiger partial charge in [-0.3, -0.25) is 4.68 Å². The fourth-order valence-corrected chi connectivity index (χ4v) is 7.46. The highest BCUT2D eigenvalue weighted by molar-refractivity contribution is 7.92. The van der Waals surface area contributed by atoms with Crippen LogP contribution in [0.3, 0.4) is 0 Å². The Kier molecular flexibility index (Phi) is 10.1. The molecule has 3 unspecified atom stereocenters. The van der Waals surface area contributed by atoms with Crippen LogP contribution in [0.25, 0.3) is 0 Å². The second-order valence-corrected chi connectivity index (χ2v) is 13.3. The van der Waals surface area contributed by atoms with E-state index in [2.05, 4.69) is 15.1 Å². The van der Waals surface area contributed by atoms with Crippen molar-refractivity contribution in [3.8, 4) is 17.2 Å². The lowest BCUT2D eigenvalue weighted by atomic mass is 10.0. The number of benzene rings is 3. The van der Waals surface area contributed by atoms with Crippen molar-refractivity contribution in [2.45, 2.75) is 49.0 Å². The van der Waals surface area contributed by atoms with Gasteiger partial charge in [-0.1, -0.05) is 30.3 Å². The van der Waals surface area contributed by atoms with Gasteiger partial charge < -0.3 is 18.9 Å². The Hall–Kier alpha value is -5.08. The summed E-state index contributed by atoms with van der Waals surface area (Å²) in [4.78, 5) is 7.06. The molecule has 0 aliphatic heterocycles. The van der Waals surface area contributed by atoms with Crippen molar-refractivity contribution in [1.82, 2.24) is 19.7 Å². The van der Waals surface area contributed by atoms with Crippen LogP contribution in [-0.4, -0.2) is 54.6 Å². The zero-order valence-corrected chi connectivity index (χ0v) is 27.9. The van der Waals surface area contributed by atoms with E-state index in [-0.39, 0.29) is 24.4 Å². The highest BCUT2D eigenvalue weighted by atomic mass is 32.2. The van der Waals surface area contributed by atoms with Gasteiger partial charge in [0.05, 0.1) is 33.5 Å². The summed E-state index contributed by atoms with van der Waals surface area (Å²) in [6.45, 7) is 0.0712. The summed E-state index contributed by atoms with van der Waals surface area (Å²) in [5.74, 6) is -2.13. The van der Waals surface area contributed by atoms with Gasteiger partial charge in [0.1, 0.15) is 40.5 Å². The lowest BCUT2D eigenvalue weighted by Crippen LogP contribution is -2.32. The van der Waals surface area contributed by atoms with Gasteiger partial charge in [-0.25, -0.2) is 31.5 Å². The first-order chi connectivity index (χ1) is 23.7. The van der Waals surface area contributed by atoms with Gasteiger partial charge in [0.15, 0.2) is 11.6 Å². The van der Waals surface area contributed by atoms with Crippen molar-refractivity contribution < 1.29 is 36.1 Å². The minimum absolute atomic E-state index is 0.0560. The van der Waals surface area contributed by atoms with E-state index in [1.54, 1.807) is 36.1 Å². The number of aromatic nitrogens is 4. The SMILES string of the molecule is COc1ccc(CN(c2ccncn2)S(=O)(=O)c2cc(F)c(OC3CC(OCc4ccccc4)CC3c3ccnn3C)cc2F)c(OC)c1. The van der Waals surface area contributed by atoms with Crippen molar-refractivity contribution in [3.05, 3.63) is 120 Å². The van der Waals surface area contributed by atoms with E-state index >= 15 is 8.78 Å². The van der Waals surface area contributed by atoms with Gasteiger partial charge in [0, 0.05) is 67.3 Å². The molecule has 14 heteroatoms. The maximum Gasteiger partial charge on any atom is 0.268 e. The molecule has 2 aromatic heterocycles. The summed E-state index contributed by atoms with van der Waals surface area (Å²) in [5, 5.41) is 4.27. The van der Waals surface area contributed by atoms with Gasteiger partial charge in [-0.2, -0.15) is 5.10 Å². The number of ether oxygens (including phenoxy) is 4. The maximum atomic E-state index is 15.9. The molecular weight excluding hydrogens is 656 g/mol. The summed E-state index contributed by atoms with van der Waals surface area (Å²) in [7, 11) is -0.0156. The van der Waals surface area contributed by atoms with Crippen LogP contribution >= 0.6 is 0 Å². The Morgan fingerprint density at radius 2 is 1.73 bits per heavy atom. The van der Waals surface area contributed by atoms with Crippen LogP contribution in [0.2, 0.25) is 0 Å². The quantitative estimate of drug-likeness (QED) is 0.151. The first kappa shape index (κ1) is 33.8. The van der Waals surface area contributed by atoms with Crippen LogP contribution in [0.5, 0.6) is 17.2 Å². The van der Waals surface area contributed by atoms with Crippen LogP contribution in [-0.2, 0) is 35.0 Å². The van der Waals surface area contributed by atoms with E-state index in [0.717, 1.165) is 28.0 Å². The molecule has 1 fully saturated rings. The average molecular weight is 692 g/mol. The third-order valence-electron chi connectivity index (χ3n) is 8.49. The maximum absolute atomic E-state index is 15.9. The molecule has 0 bridgehead atoms. The van der Waals surface area contributed by atoms with E-state index in [1.807, 2.05) is 36.4 Å². The van der Waals surface area contributed by atoms with E-state index < -0.39 is 38.4 Å². The average Bonchev–Trinajstić information content (AvgIpc) is 3.73. The summed E-state index contributed by atoms with van der Waals surface area (Å²) >= 11 is 0. The number of hydrogen-bond acceptors (Lipinski definition) is 9. The summed E-state index contributed by atoms with van der Waals surface area (Å²) in [5.41, 5.74) is 2.29. The second kappa shape index (κ2) is 14.6. The van der Waals surface area contributed by atoms with Gasteiger partial charge in [-0.05, 0) is 30.2 Å². The summed E-state index contributed by atoms with van der Waals surface area (Å²) in [6.07, 6.45) is 4.30. The molecule has 1 saturated carbocycles. The van der Waals surface area contributed by atoms with Crippen LogP contribution in [0.15, 0.2) is 96.4 Å². The Morgan fingerprint density at radius 3 is 2.43 bits per heavy atom. The molecule has 49 heavy (non-hydrogen) atoms. The molecule has 2 heterocycles. The van der Waals surface area contributed by atoms with Crippen LogP contribution in [0, 0.1) is 11.6 Å². The fraction of sp³-hybridized carbons (Fsp3) is 0.286. The number of halogens is 2. The van der Waals surface area contributed by atoms with Crippen molar-refractivity contribution in [3.63, 3.8) is 0 Å². The van der Waals surface area contributed by atoms with Gasteiger partial charge in [-0.15, -0.1) is 0 Å². The molecule has 5 aromatic rings. The van der Waals surface area contributed by atoms with Crippen molar-refractivity contribution in [1.29, 1.82) is 0 Å². The van der Waals surface area contributed by atoms with E-state index in [9.17, 15) is 8.42 Å². The van der Waals surface area contributed by atoms with E-state index in [1.165, 1.54) is 26.5 Å². The molecule has 256 valence electrons. The Morgan fingerprint density at radius 1 is 0.918 bits per heavy atom. The van der Waals surface area contributed by atoms with Crippen LogP contribution in [0.4, 0.5) is 14.6 Å². The first-order valence-corrected chi connectivity index (χ1v) is 16.9. The highest BCUT2D eigenvalue weighted by Crippen LogP contribution is 2.40. The standard InChI is InChI=1S/C35H35F2N5O6S/c1-41-30(11-14-40-41)27-15-26(47-21-23-7-5-4-6-8-23)17-32(27)48-33-18-29(37)34(19-28(33)36)49(43,44)42(35-12-13-38-22-39-35)20-24-9-10-25(45-2)16-31(24)46-3/h4-14,16,18-19,22,26-27,32H,15,17,20-21H2,1-3H3. The molecule has 1 aliphatic carbocycles. The zero-order chi connectivity index (χ0) is 34.5. The van der Waals surface area contributed by atoms with Gasteiger partial charge >= 0.3 is 0 Å². The van der Waals surface area contributed by atoms with Crippen LogP contribution < -0.4 is 18.5 Å². The third-order valence-corrected chi connectivity index (χ3v) is 10.3. The minimum atomic E-state index is -4.73. The minimum Gasteiger partial charge on any atom is -0.497 e. The molecule has 0 saturated heterocycles. The number of hydrogen-bond donors (Lipinski definition) is 0. The number of anilines is 1.